The molecule has 28 heavy (non-hydrogen) atoms. The lowest BCUT2D eigenvalue weighted by Crippen LogP contribution is -2.45. The van der Waals surface area contributed by atoms with E-state index in [0.717, 1.165) is 19.6 Å². The molecule has 3 N–H and O–H groups in total. The Balaban J connectivity index is 1.98. The van der Waals surface area contributed by atoms with E-state index in [4.69, 9.17) is 5.73 Å². The van der Waals surface area contributed by atoms with Crippen molar-refractivity contribution in [2.45, 2.75) is 19.0 Å². The molecule has 0 aliphatic rings. The average molecular weight is 398 g/mol. The molecule has 0 fully saturated rings. The first-order chi connectivity index (χ1) is 13.3. The number of benzene rings is 1. The molecular formula is C20H22N4O3S. The van der Waals surface area contributed by atoms with Crippen molar-refractivity contribution in [1.82, 2.24) is 14.5 Å². The maximum absolute atomic E-state index is 13.1. The Morgan fingerprint density at radius 3 is 2.36 bits per heavy atom. The fourth-order valence-corrected chi connectivity index (χ4v) is 3.89. The van der Waals surface area contributed by atoms with Crippen molar-refractivity contribution in [1.29, 1.82) is 0 Å². The number of rotatable bonds is 6. The quantitative estimate of drug-likeness (QED) is 0.616. The van der Waals surface area contributed by atoms with Crippen LogP contribution in [0.4, 0.5) is 5.82 Å². The number of hydrogen-bond donors (Lipinski definition) is 2. The summed E-state index contributed by atoms with van der Waals surface area (Å²) in [6, 6.07) is 12.8. The van der Waals surface area contributed by atoms with E-state index in [0.29, 0.717) is 0 Å². The van der Waals surface area contributed by atoms with E-state index in [9.17, 15) is 14.4 Å². The molecule has 2 aromatic heterocycles. The van der Waals surface area contributed by atoms with Crippen LogP contribution in [0.2, 0.25) is 0 Å². The minimum atomic E-state index is -0.695. The van der Waals surface area contributed by atoms with Gasteiger partial charge in [0.15, 0.2) is 5.78 Å². The van der Waals surface area contributed by atoms with E-state index >= 15 is 0 Å². The summed E-state index contributed by atoms with van der Waals surface area (Å²) in [7, 11) is 2.77. The highest BCUT2D eigenvalue weighted by Crippen LogP contribution is 2.26. The number of hydrogen-bond acceptors (Lipinski definition) is 6. The van der Waals surface area contributed by atoms with E-state index < -0.39 is 23.1 Å². The van der Waals surface area contributed by atoms with Crippen molar-refractivity contribution in [3.8, 4) is 0 Å². The van der Waals surface area contributed by atoms with Crippen LogP contribution < -0.4 is 22.3 Å². The van der Waals surface area contributed by atoms with Crippen LogP contribution in [0.3, 0.4) is 0 Å². The molecule has 146 valence electrons. The highest BCUT2D eigenvalue weighted by molar-refractivity contribution is 7.10. The van der Waals surface area contributed by atoms with Crippen LogP contribution in [0.15, 0.2) is 57.4 Å². The van der Waals surface area contributed by atoms with Crippen LogP contribution in [-0.2, 0) is 14.1 Å². The molecule has 8 heteroatoms. The maximum Gasteiger partial charge on any atom is 0.332 e. The summed E-state index contributed by atoms with van der Waals surface area (Å²) in [5, 5.41) is 5.28. The van der Waals surface area contributed by atoms with Gasteiger partial charge in [-0.3, -0.25) is 24.0 Å². The van der Waals surface area contributed by atoms with Crippen LogP contribution in [0, 0.1) is 0 Å². The first-order valence-electron chi connectivity index (χ1n) is 8.77. The zero-order valence-electron chi connectivity index (χ0n) is 15.9. The summed E-state index contributed by atoms with van der Waals surface area (Å²) in [5.41, 5.74) is 5.50. The highest BCUT2D eigenvalue weighted by atomic mass is 32.1. The molecule has 1 aromatic carbocycles. The fraction of sp³-hybridized carbons (Fsp3) is 0.250. The molecule has 0 aliphatic carbocycles. The first kappa shape index (κ1) is 19.8. The van der Waals surface area contributed by atoms with Gasteiger partial charge in [0.2, 0.25) is 0 Å². The van der Waals surface area contributed by atoms with Gasteiger partial charge in [-0.1, -0.05) is 36.4 Å². The minimum Gasteiger partial charge on any atom is -0.384 e. The Kier molecular flexibility index (Phi) is 5.62. The molecule has 2 atom stereocenters. The van der Waals surface area contributed by atoms with Gasteiger partial charge in [-0.25, -0.2) is 4.79 Å². The minimum absolute atomic E-state index is 0.126. The van der Waals surface area contributed by atoms with Gasteiger partial charge in [-0.15, -0.1) is 11.3 Å². The van der Waals surface area contributed by atoms with Gasteiger partial charge in [0.1, 0.15) is 11.4 Å². The maximum atomic E-state index is 13.1. The number of carbonyl (C=O) groups excluding carboxylic acids is 1. The Labute approximate surface area is 166 Å². The Hall–Kier alpha value is -2.97. The number of Topliss-reactive ketones (excluding diaryl/α,β-unsaturated/α-hetero) is 1. The first-order valence-corrected chi connectivity index (χ1v) is 9.65. The highest BCUT2D eigenvalue weighted by Gasteiger charge is 2.27. The van der Waals surface area contributed by atoms with Gasteiger partial charge >= 0.3 is 5.69 Å². The van der Waals surface area contributed by atoms with Gasteiger partial charge in [0.05, 0.1) is 12.1 Å². The summed E-state index contributed by atoms with van der Waals surface area (Å²) in [6.45, 7) is 1.69. The van der Waals surface area contributed by atoms with Gasteiger partial charge < -0.3 is 5.73 Å². The van der Waals surface area contributed by atoms with Crippen LogP contribution in [0.25, 0.3) is 0 Å². The van der Waals surface area contributed by atoms with E-state index in [1.165, 1.54) is 14.1 Å². The number of nitrogens with zero attached hydrogens (tertiary/aromatic N) is 2. The molecule has 0 aliphatic heterocycles. The van der Waals surface area contributed by atoms with Gasteiger partial charge in [-0.2, -0.15) is 0 Å². The Morgan fingerprint density at radius 1 is 1.07 bits per heavy atom. The van der Waals surface area contributed by atoms with Gasteiger partial charge in [0.25, 0.3) is 5.56 Å². The van der Waals surface area contributed by atoms with E-state index in [1.54, 1.807) is 18.3 Å². The summed E-state index contributed by atoms with van der Waals surface area (Å²) in [6.07, 6.45) is 0. The average Bonchev–Trinajstić information content (AvgIpc) is 3.24. The summed E-state index contributed by atoms with van der Waals surface area (Å²) < 4.78 is 2.00. The molecule has 0 unspecified atom stereocenters. The molecule has 0 bridgehead atoms. The Bertz CT molecular complexity index is 1100. The molecule has 2 heterocycles. The zero-order valence-corrected chi connectivity index (χ0v) is 16.7. The molecule has 7 nitrogen and oxygen atoms in total. The smallest absolute Gasteiger partial charge is 0.332 e. The molecule has 3 rings (SSSR count). The van der Waals surface area contributed by atoms with E-state index in [1.807, 2.05) is 47.8 Å². The third-order valence-electron chi connectivity index (χ3n) is 4.73. The fourth-order valence-electron chi connectivity index (χ4n) is 3.08. The molecular weight excluding hydrogens is 376 g/mol. The third-order valence-corrected chi connectivity index (χ3v) is 5.66. The summed E-state index contributed by atoms with van der Waals surface area (Å²) in [4.78, 5) is 38.6. The lowest BCUT2D eigenvalue weighted by atomic mass is 10.0. The molecule has 0 saturated carbocycles. The number of ketones is 1. The largest absolute Gasteiger partial charge is 0.384 e. The summed E-state index contributed by atoms with van der Waals surface area (Å²) >= 11 is 1.58. The van der Waals surface area contributed by atoms with Crippen LogP contribution in [0.1, 0.15) is 33.8 Å². The third kappa shape index (κ3) is 3.56. The van der Waals surface area contributed by atoms with Crippen LogP contribution in [0.5, 0.6) is 0 Å². The number of thiophene rings is 1. The standard InChI is InChI=1S/C20H22N4O3S/c1-12(17(25)15-18(21)23(2)20(27)24(3)19(15)26)22-16(14-10-7-11-28-14)13-8-5-4-6-9-13/h4-12,16,22H,21H2,1-3H3/t12-,16+/m1/s1. The second-order valence-corrected chi connectivity index (χ2v) is 7.56. The van der Waals surface area contributed by atoms with Crippen LogP contribution >= 0.6 is 11.3 Å². The zero-order chi connectivity index (χ0) is 20.4. The number of aromatic nitrogens is 2. The number of anilines is 1. The van der Waals surface area contributed by atoms with Crippen molar-refractivity contribution in [3.05, 3.63) is 84.7 Å². The number of carbonyl (C=O) groups is 1. The van der Waals surface area contributed by atoms with Crippen molar-refractivity contribution >= 4 is 22.9 Å². The van der Waals surface area contributed by atoms with Gasteiger partial charge in [0, 0.05) is 19.0 Å². The second kappa shape index (κ2) is 7.95. The van der Waals surface area contributed by atoms with E-state index in [-0.39, 0.29) is 17.4 Å². The molecule has 0 radical (unpaired) electrons. The molecule has 0 saturated heterocycles. The van der Waals surface area contributed by atoms with Crippen molar-refractivity contribution in [2.24, 2.45) is 14.1 Å². The molecule has 3 aromatic rings. The number of nitrogen functional groups attached to an aromatic ring is 1. The number of nitrogens with two attached hydrogens (primary N) is 1. The van der Waals surface area contributed by atoms with E-state index in [2.05, 4.69) is 5.32 Å². The molecule has 0 amide bonds. The van der Waals surface area contributed by atoms with Crippen molar-refractivity contribution in [2.75, 3.05) is 5.73 Å². The second-order valence-electron chi connectivity index (χ2n) is 6.58. The normalized spacial score (nSPS) is 13.2. The lowest BCUT2D eigenvalue weighted by molar-refractivity contribution is 0.0945. The number of nitrogens with one attached hydrogen (secondary N) is 1. The topological polar surface area (TPSA) is 99.1 Å². The predicted molar refractivity (Wildman–Crippen MR) is 111 cm³/mol. The van der Waals surface area contributed by atoms with Gasteiger partial charge in [-0.05, 0) is 23.9 Å². The monoisotopic (exact) mass is 398 g/mol. The SMILES string of the molecule is C[C@@H](N[C@@H](c1ccccc1)c1cccs1)C(=O)c1c(N)n(C)c(=O)n(C)c1=O. The molecule has 0 spiro atoms. The van der Waals surface area contributed by atoms with Crippen LogP contribution in [-0.4, -0.2) is 21.0 Å². The lowest BCUT2D eigenvalue weighted by Gasteiger charge is -2.23. The Morgan fingerprint density at radius 2 is 1.75 bits per heavy atom. The van der Waals surface area contributed by atoms with Crippen molar-refractivity contribution < 1.29 is 4.79 Å². The predicted octanol–water partition coefficient (Wildman–Crippen LogP) is 1.68. The summed E-state index contributed by atoms with van der Waals surface area (Å²) in [5.74, 6) is -0.578. The van der Waals surface area contributed by atoms with Crippen molar-refractivity contribution in [3.63, 3.8) is 0 Å².